The molecule has 1 aliphatic heterocycles. The molecule has 0 fully saturated rings. The molecule has 4 heteroatoms. The van der Waals surface area contributed by atoms with Crippen molar-refractivity contribution in [2.24, 2.45) is 0 Å². The van der Waals surface area contributed by atoms with Crippen molar-refractivity contribution < 1.29 is 9.13 Å². The first-order chi connectivity index (χ1) is 10.2. The number of aromatic nitrogens is 2. The topological polar surface area (TPSA) is 27.1 Å². The highest BCUT2D eigenvalue weighted by Crippen LogP contribution is 2.30. The van der Waals surface area contributed by atoms with E-state index in [0.717, 1.165) is 41.1 Å². The predicted molar refractivity (Wildman–Crippen MR) is 79.0 cm³/mol. The van der Waals surface area contributed by atoms with Gasteiger partial charge in [-0.15, -0.1) is 0 Å². The molecule has 4 rings (SSSR count). The Hall–Kier alpha value is -2.36. The average molecular weight is 282 g/mol. The minimum atomic E-state index is -0.206. The molecule has 0 aliphatic carbocycles. The summed E-state index contributed by atoms with van der Waals surface area (Å²) in [6, 6.07) is 12.8. The predicted octanol–water partition coefficient (Wildman–Crippen LogP) is 3.49. The van der Waals surface area contributed by atoms with Crippen molar-refractivity contribution in [2.75, 3.05) is 0 Å². The first kappa shape index (κ1) is 12.4. The van der Waals surface area contributed by atoms with Crippen molar-refractivity contribution in [3.8, 4) is 5.75 Å². The third-order valence-electron chi connectivity index (χ3n) is 4.00. The molecule has 0 bridgehead atoms. The van der Waals surface area contributed by atoms with E-state index >= 15 is 0 Å². The molecule has 1 unspecified atom stereocenters. The third kappa shape index (κ3) is 2.07. The average Bonchev–Trinajstić information content (AvgIpc) is 3.00. The van der Waals surface area contributed by atoms with Crippen molar-refractivity contribution >= 4 is 11.0 Å². The SMILES string of the molecule is Cc1nc2ccccc2n1CC1Cc2cc(F)ccc2O1. The molecule has 2 aromatic carbocycles. The summed E-state index contributed by atoms with van der Waals surface area (Å²) in [5, 5.41) is 0. The molecule has 1 aromatic heterocycles. The number of hydrogen-bond acceptors (Lipinski definition) is 2. The maximum atomic E-state index is 13.3. The minimum absolute atomic E-state index is 0.0260. The van der Waals surface area contributed by atoms with Gasteiger partial charge in [-0.1, -0.05) is 12.1 Å². The van der Waals surface area contributed by atoms with Crippen LogP contribution in [0.25, 0.3) is 11.0 Å². The lowest BCUT2D eigenvalue weighted by Crippen LogP contribution is -2.21. The Kier molecular flexibility index (Phi) is 2.70. The van der Waals surface area contributed by atoms with Crippen LogP contribution in [0.4, 0.5) is 4.39 Å². The summed E-state index contributed by atoms with van der Waals surface area (Å²) in [5.74, 6) is 1.56. The summed E-state index contributed by atoms with van der Waals surface area (Å²) >= 11 is 0. The third-order valence-corrected chi connectivity index (χ3v) is 4.00. The fourth-order valence-electron chi connectivity index (χ4n) is 3.02. The number of nitrogens with zero attached hydrogens (tertiary/aromatic N) is 2. The van der Waals surface area contributed by atoms with E-state index in [0.29, 0.717) is 0 Å². The van der Waals surface area contributed by atoms with Crippen LogP contribution in [0.2, 0.25) is 0 Å². The Morgan fingerprint density at radius 3 is 3.05 bits per heavy atom. The van der Waals surface area contributed by atoms with E-state index in [2.05, 4.69) is 15.6 Å². The normalized spacial score (nSPS) is 17.0. The second-order valence-corrected chi connectivity index (χ2v) is 5.45. The molecular formula is C17H15FN2O. The Balaban J connectivity index is 1.64. The van der Waals surface area contributed by atoms with Gasteiger partial charge in [0.1, 0.15) is 23.5 Å². The van der Waals surface area contributed by atoms with Crippen LogP contribution in [-0.4, -0.2) is 15.7 Å². The second kappa shape index (κ2) is 4.58. The lowest BCUT2D eigenvalue weighted by molar-refractivity contribution is 0.210. The van der Waals surface area contributed by atoms with Crippen molar-refractivity contribution in [3.05, 3.63) is 59.7 Å². The minimum Gasteiger partial charge on any atom is -0.488 e. The first-order valence-electron chi connectivity index (χ1n) is 7.07. The molecule has 0 radical (unpaired) electrons. The maximum Gasteiger partial charge on any atom is 0.123 e. The largest absolute Gasteiger partial charge is 0.488 e. The van der Waals surface area contributed by atoms with Crippen molar-refractivity contribution in [3.63, 3.8) is 0 Å². The van der Waals surface area contributed by atoms with E-state index < -0.39 is 0 Å². The van der Waals surface area contributed by atoms with Crippen LogP contribution < -0.4 is 4.74 Å². The lowest BCUT2D eigenvalue weighted by atomic mass is 10.1. The van der Waals surface area contributed by atoms with Crippen LogP contribution in [0.3, 0.4) is 0 Å². The number of para-hydroxylation sites is 2. The number of aryl methyl sites for hydroxylation is 1. The summed E-state index contributed by atoms with van der Waals surface area (Å²) in [4.78, 5) is 4.57. The molecule has 3 aromatic rings. The second-order valence-electron chi connectivity index (χ2n) is 5.45. The number of halogens is 1. The summed E-state index contributed by atoms with van der Waals surface area (Å²) in [6.45, 7) is 2.73. The fraction of sp³-hybridized carbons (Fsp3) is 0.235. The van der Waals surface area contributed by atoms with Crippen LogP contribution >= 0.6 is 0 Å². The van der Waals surface area contributed by atoms with Gasteiger partial charge in [-0.25, -0.2) is 9.37 Å². The molecule has 106 valence electrons. The molecule has 0 saturated carbocycles. The van der Waals surface area contributed by atoms with E-state index in [1.165, 1.54) is 6.07 Å². The highest BCUT2D eigenvalue weighted by Gasteiger charge is 2.24. The summed E-state index contributed by atoms with van der Waals surface area (Å²) < 4.78 is 21.4. The smallest absolute Gasteiger partial charge is 0.123 e. The van der Waals surface area contributed by atoms with Gasteiger partial charge in [0, 0.05) is 12.0 Å². The number of rotatable bonds is 2. The summed E-state index contributed by atoms with van der Waals surface area (Å²) in [6.07, 6.45) is 0.761. The molecule has 0 amide bonds. The molecule has 21 heavy (non-hydrogen) atoms. The fourth-order valence-corrected chi connectivity index (χ4v) is 3.02. The standard InChI is InChI=1S/C17H15FN2O/c1-11-19-15-4-2-3-5-16(15)20(11)10-14-9-12-8-13(18)6-7-17(12)21-14/h2-8,14H,9-10H2,1H3. The molecule has 0 saturated heterocycles. The van der Waals surface area contributed by atoms with Crippen LogP contribution in [-0.2, 0) is 13.0 Å². The molecule has 1 aliphatic rings. The summed E-state index contributed by atoms with van der Waals surface area (Å²) in [5.41, 5.74) is 3.05. The van der Waals surface area contributed by atoms with Gasteiger partial charge in [0.25, 0.3) is 0 Å². The Morgan fingerprint density at radius 2 is 2.14 bits per heavy atom. The van der Waals surface area contributed by atoms with Crippen LogP contribution in [0.1, 0.15) is 11.4 Å². The van der Waals surface area contributed by atoms with Gasteiger partial charge >= 0.3 is 0 Å². The van der Waals surface area contributed by atoms with Gasteiger partial charge in [0.2, 0.25) is 0 Å². The van der Waals surface area contributed by atoms with E-state index in [-0.39, 0.29) is 11.9 Å². The van der Waals surface area contributed by atoms with Gasteiger partial charge in [0.15, 0.2) is 0 Å². The molecule has 3 nitrogen and oxygen atoms in total. The zero-order valence-corrected chi connectivity index (χ0v) is 11.7. The monoisotopic (exact) mass is 282 g/mol. The number of hydrogen-bond donors (Lipinski definition) is 0. The van der Waals surface area contributed by atoms with Gasteiger partial charge < -0.3 is 9.30 Å². The van der Waals surface area contributed by atoms with Crippen LogP contribution in [0, 0.1) is 12.7 Å². The van der Waals surface area contributed by atoms with E-state index in [1.54, 1.807) is 12.1 Å². The first-order valence-corrected chi connectivity index (χ1v) is 7.07. The number of imidazole rings is 1. The van der Waals surface area contributed by atoms with E-state index in [9.17, 15) is 4.39 Å². The highest BCUT2D eigenvalue weighted by molar-refractivity contribution is 5.75. The van der Waals surface area contributed by atoms with Gasteiger partial charge in [0.05, 0.1) is 17.6 Å². The van der Waals surface area contributed by atoms with Crippen molar-refractivity contribution in [1.29, 1.82) is 0 Å². The van der Waals surface area contributed by atoms with E-state index in [1.807, 2.05) is 25.1 Å². The zero-order chi connectivity index (χ0) is 14.4. The highest BCUT2D eigenvalue weighted by atomic mass is 19.1. The maximum absolute atomic E-state index is 13.3. The van der Waals surface area contributed by atoms with Gasteiger partial charge in [-0.2, -0.15) is 0 Å². The van der Waals surface area contributed by atoms with Gasteiger partial charge in [-0.05, 0) is 37.3 Å². The van der Waals surface area contributed by atoms with E-state index in [4.69, 9.17) is 4.74 Å². The Morgan fingerprint density at radius 1 is 1.29 bits per heavy atom. The molecule has 0 spiro atoms. The quantitative estimate of drug-likeness (QED) is 0.719. The Labute approximate surface area is 122 Å². The molecule has 2 heterocycles. The number of fused-ring (bicyclic) bond motifs is 2. The van der Waals surface area contributed by atoms with Crippen molar-refractivity contribution in [1.82, 2.24) is 9.55 Å². The van der Waals surface area contributed by atoms with Crippen LogP contribution in [0.5, 0.6) is 5.75 Å². The van der Waals surface area contributed by atoms with Gasteiger partial charge in [-0.3, -0.25) is 0 Å². The molecule has 0 N–H and O–H groups in total. The number of ether oxygens (including phenoxy) is 1. The Bertz CT molecular complexity index is 825. The molecule has 1 atom stereocenters. The molecular weight excluding hydrogens is 267 g/mol. The lowest BCUT2D eigenvalue weighted by Gasteiger charge is -2.13. The zero-order valence-electron chi connectivity index (χ0n) is 11.7. The number of benzene rings is 2. The van der Waals surface area contributed by atoms with Crippen LogP contribution in [0.15, 0.2) is 42.5 Å². The summed E-state index contributed by atoms with van der Waals surface area (Å²) in [7, 11) is 0. The van der Waals surface area contributed by atoms with Crippen molar-refractivity contribution in [2.45, 2.75) is 26.0 Å².